The molecular weight excluding hydrogens is 262 g/mol. The monoisotopic (exact) mass is 281 g/mol. The number of nitrogens with zero attached hydrogens (tertiary/aromatic N) is 1. The lowest BCUT2D eigenvalue weighted by atomic mass is 10.2. The first-order chi connectivity index (χ1) is 9.68. The van der Waals surface area contributed by atoms with Crippen LogP contribution in [0.2, 0.25) is 0 Å². The second-order valence-corrected chi connectivity index (χ2v) is 4.79. The van der Waals surface area contributed by atoms with Gasteiger partial charge in [-0.1, -0.05) is 5.92 Å². The van der Waals surface area contributed by atoms with Gasteiger partial charge in [0.15, 0.2) is 6.29 Å². The van der Waals surface area contributed by atoms with Crippen molar-refractivity contribution in [2.24, 2.45) is 0 Å². The average molecular weight is 281 g/mol. The van der Waals surface area contributed by atoms with Gasteiger partial charge in [0, 0.05) is 20.1 Å². The normalized spacial score (nSPS) is 25.9. The number of amides is 1. The van der Waals surface area contributed by atoms with Crippen molar-refractivity contribution in [2.45, 2.75) is 38.0 Å². The molecule has 0 aromatic rings. The number of ketones is 1. The highest BCUT2D eigenvalue weighted by Crippen LogP contribution is 2.13. The summed E-state index contributed by atoms with van der Waals surface area (Å²) in [5.41, 5.74) is 0. The molecule has 2 saturated heterocycles. The van der Waals surface area contributed by atoms with E-state index in [2.05, 4.69) is 11.8 Å². The largest absolute Gasteiger partial charge is 0.447 e. The Morgan fingerprint density at radius 3 is 3.00 bits per heavy atom. The first-order valence-electron chi connectivity index (χ1n) is 6.84. The third-order valence-corrected chi connectivity index (χ3v) is 3.30. The van der Waals surface area contributed by atoms with E-state index in [0.29, 0.717) is 13.0 Å². The fourth-order valence-corrected chi connectivity index (χ4v) is 2.06. The molecule has 2 aliphatic heterocycles. The number of ether oxygens (including phenoxy) is 3. The number of Topliss-reactive ketones (excluding diaryl/α,β-unsaturated/α-hetero) is 1. The van der Waals surface area contributed by atoms with E-state index in [0.717, 1.165) is 25.9 Å². The number of likely N-dealkylation sites (N-methyl/N-ethyl adjacent to an activating group) is 1. The highest BCUT2D eigenvalue weighted by Gasteiger charge is 2.34. The fourth-order valence-electron chi connectivity index (χ4n) is 2.06. The van der Waals surface area contributed by atoms with E-state index >= 15 is 0 Å². The predicted octanol–water partition coefficient (Wildman–Crippen LogP) is 0.943. The molecule has 2 rings (SSSR count). The van der Waals surface area contributed by atoms with Crippen LogP contribution in [-0.4, -0.2) is 56.0 Å². The zero-order valence-electron chi connectivity index (χ0n) is 11.6. The summed E-state index contributed by atoms with van der Waals surface area (Å²) in [6.45, 7) is 1.27. The van der Waals surface area contributed by atoms with Crippen LogP contribution in [-0.2, 0) is 19.0 Å². The predicted molar refractivity (Wildman–Crippen MR) is 69.8 cm³/mol. The van der Waals surface area contributed by atoms with Crippen molar-refractivity contribution in [2.75, 3.05) is 26.9 Å². The van der Waals surface area contributed by atoms with Crippen molar-refractivity contribution < 1.29 is 23.8 Å². The van der Waals surface area contributed by atoms with E-state index in [1.54, 1.807) is 0 Å². The van der Waals surface area contributed by atoms with Crippen molar-refractivity contribution in [3.8, 4) is 11.8 Å². The van der Waals surface area contributed by atoms with Gasteiger partial charge in [-0.25, -0.2) is 4.79 Å². The van der Waals surface area contributed by atoms with Crippen molar-refractivity contribution in [3.05, 3.63) is 0 Å². The summed E-state index contributed by atoms with van der Waals surface area (Å²) in [5, 5.41) is 0. The lowest BCUT2D eigenvalue weighted by molar-refractivity contribution is -0.161. The zero-order chi connectivity index (χ0) is 14.4. The molecule has 0 bridgehead atoms. The zero-order valence-corrected chi connectivity index (χ0v) is 11.6. The summed E-state index contributed by atoms with van der Waals surface area (Å²) >= 11 is 0. The van der Waals surface area contributed by atoms with Crippen LogP contribution in [0.4, 0.5) is 4.79 Å². The van der Waals surface area contributed by atoms with Crippen LogP contribution in [0.15, 0.2) is 0 Å². The molecular formula is C14H19NO5. The summed E-state index contributed by atoms with van der Waals surface area (Å²) in [6.07, 6.45) is 2.98. The number of cyclic esters (lactones) is 1. The standard InChI is InChI=1S/C14H19NO5/c1-15-11(10-20-14(15)17)12(16)6-2-4-8-18-13-7-3-5-9-19-13/h11,13H,3-5,7-10H2,1H3/t11-,13?/m0/s1. The lowest BCUT2D eigenvalue weighted by Gasteiger charge is -2.22. The Kier molecular flexibility index (Phi) is 5.39. The third-order valence-electron chi connectivity index (χ3n) is 3.30. The maximum atomic E-state index is 11.8. The number of rotatable bonds is 4. The second kappa shape index (κ2) is 7.27. The van der Waals surface area contributed by atoms with Gasteiger partial charge in [0.1, 0.15) is 12.6 Å². The van der Waals surface area contributed by atoms with Crippen molar-refractivity contribution in [1.82, 2.24) is 4.90 Å². The molecule has 6 heteroatoms. The summed E-state index contributed by atoms with van der Waals surface area (Å²) in [5.74, 6) is 4.99. The van der Waals surface area contributed by atoms with Crippen molar-refractivity contribution >= 4 is 11.9 Å². The van der Waals surface area contributed by atoms with Crippen LogP contribution < -0.4 is 0 Å². The molecule has 0 radical (unpaired) electrons. The molecule has 6 nitrogen and oxygen atoms in total. The molecule has 2 fully saturated rings. The molecule has 20 heavy (non-hydrogen) atoms. The molecule has 2 heterocycles. The maximum Gasteiger partial charge on any atom is 0.410 e. The van der Waals surface area contributed by atoms with Crippen LogP contribution in [0.1, 0.15) is 25.7 Å². The highest BCUT2D eigenvalue weighted by molar-refractivity contribution is 6.02. The molecule has 1 unspecified atom stereocenters. The van der Waals surface area contributed by atoms with Gasteiger partial charge in [0.05, 0.1) is 6.61 Å². The van der Waals surface area contributed by atoms with E-state index in [4.69, 9.17) is 14.2 Å². The summed E-state index contributed by atoms with van der Waals surface area (Å²) in [7, 11) is 1.53. The molecule has 0 aromatic carbocycles. The van der Waals surface area contributed by atoms with Crippen LogP contribution in [0.3, 0.4) is 0 Å². The SMILES string of the molecule is CN1C(=O)OC[C@H]1C(=O)C#CCCOC1CCCCO1. The first-order valence-corrected chi connectivity index (χ1v) is 6.84. The molecule has 0 saturated carbocycles. The quantitative estimate of drug-likeness (QED) is 0.436. The minimum absolute atomic E-state index is 0.0786. The Balaban J connectivity index is 1.66. The Morgan fingerprint density at radius 1 is 1.50 bits per heavy atom. The van der Waals surface area contributed by atoms with Gasteiger partial charge >= 0.3 is 6.09 Å². The minimum atomic E-state index is -0.586. The smallest absolute Gasteiger partial charge is 0.410 e. The van der Waals surface area contributed by atoms with Gasteiger partial charge in [-0.15, -0.1) is 0 Å². The molecule has 2 aliphatic rings. The Bertz CT molecular complexity index is 419. The Morgan fingerprint density at radius 2 is 2.35 bits per heavy atom. The van der Waals surface area contributed by atoms with Crippen molar-refractivity contribution in [1.29, 1.82) is 0 Å². The molecule has 0 spiro atoms. The maximum absolute atomic E-state index is 11.8. The molecule has 110 valence electrons. The topological polar surface area (TPSA) is 65.1 Å². The van der Waals surface area contributed by atoms with Crippen LogP contribution in [0.5, 0.6) is 0 Å². The van der Waals surface area contributed by atoms with E-state index in [9.17, 15) is 9.59 Å². The molecule has 0 N–H and O–H groups in total. The van der Waals surface area contributed by atoms with E-state index in [1.165, 1.54) is 11.9 Å². The molecule has 0 aromatic heterocycles. The van der Waals surface area contributed by atoms with Gasteiger partial charge in [-0.2, -0.15) is 0 Å². The van der Waals surface area contributed by atoms with Gasteiger partial charge in [0.2, 0.25) is 5.78 Å². The molecule has 0 aliphatic carbocycles. The number of carbonyl (C=O) groups is 2. The van der Waals surface area contributed by atoms with Crippen LogP contribution in [0.25, 0.3) is 0 Å². The van der Waals surface area contributed by atoms with E-state index in [-0.39, 0.29) is 18.7 Å². The molecule has 1 amide bonds. The van der Waals surface area contributed by atoms with Gasteiger partial charge in [0.25, 0.3) is 0 Å². The van der Waals surface area contributed by atoms with Crippen LogP contribution in [0, 0.1) is 11.8 Å². The van der Waals surface area contributed by atoms with Gasteiger partial charge in [-0.05, 0) is 25.2 Å². The Hall–Kier alpha value is -1.58. The number of hydrogen-bond acceptors (Lipinski definition) is 5. The average Bonchev–Trinajstić information content (AvgIpc) is 2.80. The fraction of sp³-hybridized carbons (Fsp3) is 0.714. The second-order valence-electron chi connectivity index (χ2n) is 4.79. The summed E-state index contributed by atoms with van der Waals surface area (Å²) in [6, 6.07) is -0.586. The van der Waals surface area contributed by atoms with E-state index < -0.39 is 12.1 Å². The summed E-state index contributed by atoms with van der Waals surface area (Å²) in [4.78, 5) is 24.1. The van der Waals surface area contributed by atoms with E-state index in [1.807, 2.05) is 0 Å². The van der Waals surface area contributed by atoms with Crippen molar-refractivity contribution in [3.63, 3.8) is 0 Å². The minimum Gasteiger partial charge on any atom is -0.447 e. The molecule has 2 atom stereocenters. The van der Waals surface area contributed by atoms with Gasteiger partial charge in [-0.3, -0.25) is 9.69 Å². The number of hydrogen-bond donors (Lipinski definition) is 0. The Labute approximate surface area is 118 Å². The van der Waals surface area contributed by atoms with Crippen LogP contribution >= 0.6 is 0 Å². The van der Waals surface area contributed by atoms with Gasteiger partial charge < -0.3 is 14.2 Å². The summed E-state index contributed by atoms with van der Waals surface area (Å²) < 4.78 is 15.7. The highest BCUT2D eigenvalue weighted by atomic mass is 16.7. The lowest BCUT2D eigenvalue weighted by Crippen LogP contribution is -2.35. The number of carbonyl (C=O) groups excluding carboxylic acids is 2. The third kappa shape index (κ3) is 3.95. The first kappa shape index (κ1) is 14.8.